The second-order valence-corrected chi connectivity index (χ2v) is 4.22. The molecule has 106 valence electrons. The van der Waals surface area contributed by atoms with Gasteiger partial charge in [-0.15, -0.1) is 0 Å². The zero-order valence-electron chi connectivity index (χ0n) is 10.3. The van der Waals surface area contributed by atoms with E-state index in [0.717, 1.165) is 4.68 Å². The molecule has 0 amide bonds. The molecule has 0 saturated heterocycles. The lowest BCUT2D eigenvalue weighted by molar-refractivity contribution is 0.0671. The second-order valence-electron chi connectivity index (χ2n) is 4.22. The third-order valence-electron chi connectivity index (χ3n) is 2.70. The second kappa shape index (κ2) is 5.79. The van der Waals surface area contributed by atoms with Crippen molar-refractivity contribution in [2.24, 2.45) is 0 Å². The number of carboxylic acids is 1. The van der Waals surface area contributed by atoms with Crippen molar-refractivity contribution in [3.05, 3.63) is 41.8 Å². The van der Waals surface area contributed by atoms with Crippen molar-refractivity contribution in [3.63, 3.8) is 0 Å². The summed E-state index contributed by atoms with van der Waals surface area (Å²) in [4.78, 5) is 11.1. The van der Waals surface area contributed by atoms with Crippen molar-refractivity contribution >= 4 is 5.97 Å². The third kappa shape index (κ3) is 3.00. The first kappa shape index (κ1) is 14.1. The molecular formula is C13H12F2N2O3. The van der Waals surface area contributed by atoms with Gasteiger partial charge in [-0.05, 0) is 30.3 Å². The summed E-state index contributed by atoms with van der Waals surface area (Å²) in [5.74, 6) is -1.66. The van der Waals surface area contributed by atoms with Crippen molar-refractivity contribution in [2.75, 3.05) is 6.67 Å². The van der Waals surface area contributed by atoms with Crippen LogP contribution < -0.4 is 0 Å². The van der Waals surface area contributed by atoms with Crippen molar-refractivity contribution in [2.45, 2.75) is 12.6 Å². The SMILES string of the molecule is O=C(O)c1cc(-c2ccc(F)cc2)nn1CC(O)CF. The minimum Gasteiger partial charge on any atom is -0.477 e. The third-order valence-corrected chi connectivity index (χ3v) is 2.70. The molecule has 2 aromatic rings. The summed E-state index contributed by atoms with van der Waals surface area (Å²) < 4.78 is 26.2. The minimum absolute atomic E-state index is 0.170. The lowest BCUT2D eigenvalue weighted by Gasteiger charge is -2.07. The number of aromatic carboxylic acids is 1. The Morgan fingerprint density at radius 1 is 1.35 bits per heavy atom. The van der Waals surface area contributed by atoms with Crippen LogP contribution in [0.5, 0.6) is 0 Å². The standard InChI is InChI=1S/C13H12F2N2O3/c14-6-10(18)7-17-12(13(19)20)5-11(16-17)8-1-3-9(15)4-2-8/h1-5,10,18H,6-7H2,(H,19,20). The van der Waals surface area contributed by atoms with Crippen molar-refractivity contribution in [1.82, 2.24) is 9.78 Å². The van der Waals surface area contributed by atoms with E-state index in [1.165, 1.54) is 30.3 Å². The van der Waals surface area contributed by atoms with Crippen LogP contribution in [0.4, 0.5) is 8.78 Å². The van der Waals surface area contributed by atoms with Crippen LogP contribution in [0.2, 0.25) is 0 Å². The van der Waals surface area contributed by atoms with Crippen LogP contribution in [0.3, 0.4) is 0 Å². The highest BCUT2D eigenvalue weighted by molar-refractivity contribution is 5.87. The number of aromatic nitrogens is 2. The van der Waals surface area contributed by atoms with Crippen molar-refractivity contribution in [1.29, 1.82) is 0 Å². The van der Waals surface area contributed by atoms with Gasteiger partial charge in [0.25, 0.3) is 0 Å². The number of nitrogens with zero attached hydrogens (tertiary/aromatic N) is 2. The zero-order valence-corrected chi connectivity index (χ0v) is 10.3. The Kier molecular flexibility index (Phi) is 4.09. The molecule has 0 aliphatic rings. The van der Waals surface area contributed by atoms with Crippen LogP contribution >= 0.6 is 0 Å². The van der Waals surface area contributed by atoms with Crippen LogP contribution in [0.1, 0.15) is 10.5 Å². The van der Waals surface area contributed by atoms with E-state index in [9.17, 15) is 18.7 Å². The molecule has 0 spiro atoms. The number of benzene rings is 1. The van der Waals surface area contributed by atoms with Crippen molar-refractivity contribution < 1.29 is 23.8 Å². The molecule has 1 atom stereocenters. The quantitative estimate of drug-likeness (QED) is 0.875. The Morgan fingerprint density at radius 2 is 2.00 bits per heavy atom. The summed E-state index contributed by atoms with van der Waals surface area (Å²) in [5, 5.41) is 22.3. The van der Waals surface area contributed by atoms with Gasteiger partial charge in [0.1, 0.15) is 24.3 Å². The fourth-order valence-electron chi connectivity index (χ4n) is 1.74. The monoisotopic (exact) mass is 282 g/mol. The summed E-state index contributed by atoms with van der Waals surface area (Å²) in [7, 11) is 0. The largest absolute Gasteiger partial charge is 0.477 e. The van der Waals surface area contributed by atoms with E-state index in [0.29, 0.717) is 11.3 Å². The van der Waals surface area contributed by atoms with E-state index >= 15 is 0 Å². The van der Waals surface area contributed by atoms with Gasteiger partial charge in [-0.2, -0.15) is 5.10 Å². The molecule has 0 fully saturated rings. The molecule has 1 aromatic carbocycles. The molecule has 20 heavy (non-hydrogen) atoms. The molecule has 7 heteroatoms. The highest BCUT2D eigenvalue weighted by Gasteiger charge is 2.17. The summed E-state index contributed by atoms with van der Waals surface area (Å²) in [6.07, 6.45) is -1.32. The maximum Gasteiger partial charge on any atom is 0.354 e. The summed E-state index contributed by atoms with van der Waals surface area (Å²) in [6.45, 7) is -1.26. The Hall–Kier alpha value is -2.28. The van der Waals surface area contributed by atoms with E-state index in [-0.39, 0.29) is 12.2 Å². The predicted octanol–water partition coefficient (Wildman–Crippen LogP) is 1.72. The van der Waals surface area contributed by atoms with E-state index < -0.39 is 24.6 Å². The van der Waals surface area contributed by atoms with Gasteiger partial charge in [0.15, 0.2) is 0 Å². The summed E-state index contributed by atoms with van der Waals surface area (Å²) >= 11 is 0. The van der Waals surface area contributed by atoms with Crippen LogP contribution in [-0.4, -0.2) is 38.7 Å². The van der Waals surface area contributed by atoms with E-state index in [1.54, 1.807) is 0 Å². The van der Waals surface area contributed by atoms with Crippen molar-refractivity contribution in [3.8, 4) is 11.3 Å². The van der Waals surface area contributed by atoms with Crippen LogP contribution in [0, 0.1) is 5.82 Å². The van der Waals surface area contributed by atoms with Gasteiger partial charge in [-0.3, -0.25) is 4.68 Å². The van der Waals surface area contributed by atoms with Gasteiger partial charge in [0, 0.05) is 5.56 Å². The fraction of sp³-hybridized carbons (Fsp3) is 0.231. The fourth-order valence-corrected chi connectivity index (χ4v) is 1.74. The Balaban J connectivity index is 2.38. The molecule has 2 rings (SSSR count). The number of hydrogen-bond donors (Lipinski definition) is 2. The number of carbonyl (C=O) groups is 1. The summed E-state index contributed by atoms with van der Waals surface area (Å²) in [6, 6.07) is 6.66. The molecule has 1 aromatic heterocycles. The number of rotatable bonds is 5. The Morgan fingerprint density at radius 3 is 2.55 bits per heavy atom. The lowest BCUT2D eigenvalue weighted by Crippen LogP contribution is -2.21. The van der Waals surface area contributed by atoms with Gasteiger partial charge in [-0.1, -0.05) is 0 Å². The molecule has 5 nitrogen and oxygen atoms in total. The van der Waals surface area contributed by atoms with Gasteiger partial charge in [-0.25, -0.2) is 13.6 Å². The van der Waals surface area contributed by atoms with E-state index in [2.05, 4.69) is 5.10 Å². The molecule has 0 aliphatic heterocycles. The topological polar surface area (TPSA) is 75.3 Å². The normalized spacial score (nSPS) is 12.3. The summed E-state index contributed by atoms with van der Waals surface area (Å²) in [5.41, 5.74) is 0.674. The molecule has 1 heterocycles. The highest BCUT2D eigenvalue weighted by atomic mass is 19.1. The molecule has 0 radical (unpaired) electrons. The van der Waals surface area contributed by atoms with Crippen LogP contribution in [-0.2, 0) is 6.54 Å². The van der Waals surface area contributed by atoms with Crippen LogP contribution in [0.15, 0.2) is 30.3 Å². The number of aliphatic hydroxyl groups excluding tert-OH is 1. The molecule has 1 unspecified atom stereocenters. The first-order valence-corrected chi connectivity index (χ1v) is 5.82. The van der Waals surface area contributed by atoms with Gasteiger partial charge < -0.3 is 10.2 Å². The first-order valence-electron chi connectivity index (χ1n) is 5.82. The number of aliphatic hydroxyl groups is 1. The number of carboxylic acid groups (broad SMARTS) is 1. The molecular weight excluding hydrogens is 270 g/mol. The zero-order chi connectivity index (χ0) is 14.7. The number of halogens is 2. The molecule has 0 saturated carbocycles. The van der Waals surface area contributed by atoms with E-state index in [4.69, 9.17) is 5.11 Å². The first-order chi connectivity index (χ1) is 9.51. The molecule has 0 bridgehead atoms. The maximum atomic E-state index is 12.8. The van der Waals surface area contributed by atoms with E-state index in [1.807, 2.05) is 0 Å². The molecule has 2 N–H and O–H groups in total. The average molecular weight is 282 g/mol. The molecule has 0 aliphatic carbocycles. The predicted molar refractivity (Wildman–Crippen MR) is 66.6 cm³/mol. The minimum atomic E-state index is -1.32. The van der Waals surface area contributed by atoms with Crippen LogP contribution in [0.25, 0.3) is 11.3 Å². The highest BCUT2D eigenvalue weighted by Crippen LogP contribution is 2.20. The maximum absolute atomic E-state index is 12.8. The average Bonchev–Trinajstić information content (AvgIpc) is 2.83. The smallest absolute Gasteiger partial charge is 0.354 e. The van der Waals surface area contributed by atoms with Gasteiger partial charge in [0.05, 0.1) is 12.2 Å². The lowest BCUT2D eigenvalue weighted by atomic mass is 10.1. The van der Waals surface area contributed by atoms with Gasteiger partial charge in [0.2, 0.25) is 0 Å². The number of alkyl halides is 1. The van der Waals surface area contributed by atoms with Gasteiger partial charge >= 0.3 is 5.97 Å². The Labute approximate surface area is 113 Å². The number of hydrogen-bond acceptors (Lipinski definition) is 3. The Bertz CT molecular complexity index is 611.